The molecule has 1 atom stereocenters. The van der Waals surface area contributed by atoms with Crippen LogP contribution in [-0.2, 0) is 25.2 Å². The zero-order valence-corrected chi connectivity index (χ0v) is 18.9. The van der Waals surface area contributed by atoms with Gasteiger partial charge in [-0.25, -0.2) is 14.0 Å². The average Bonchev–Trinajstić information content (AvgIpc) is 2.83. The number of carbonyl (C=O) groups is 2. The SMILES string of the molecule is COC(=O)C1=C(C(=O)OC)N(c2cc(F)cc(C(F)(F)F)c2Cl)C(N)=C(C#N)C1c1ccccc1. The van der Waals surface area contributed by atoms with Gasteiger partial charge >= 0.3 is 18.1 Å². The molecule has 1 heterocycles. The van der Waals surface area contributed by atoms with Crippen molar-refractivity contribution in [3.8, 4) is 6.07 Å². The van der Waals surface area contributed by atoms with E-state index in [0.29, 0.717) is 16.5 Å². The highest BCUT2D eigenvalue weighted by Gasteiger charge is 2.45. The van der Waals surface area contributed by atoms with Crippen LogP contribution >= 0.6 is 11.6 Å². The number of allylic oxidation sites excluding steroid dienone is 1. The highest BCUT2D eigenvalue weighted by molar-refractivity contribution is 6.34. The quantitative estimate of drug-likeness (QED) is 0.481. The van der Waals surface area contributed by atoms with Crippen LogP contribution in [0.1, 0.15) is 17.0 Å². The van der Waals surface area contributed by atoms with Crippen molar-refractivity contribution in [2.24, 2.45) is 5.73 Å². The van der Waals surface area contributed by atoms with E-state index >= 15 is 0 Å². The van der Waals surface area contributed by atoms with Crippen molar-refractivity contribution in [2.45, 2.75) is 12.1 Å². The maximum absolute atomic E-state index is 14.3. The van der Waals surface area contributed by atoms with Crippen LogP contribution in [0.4, 0.5) is 23.2 Å². The lowest BCUT2D eigenvalue weighted by atomic mass is 9.81. The molecule has 7 nitrogen and oxygen atoms in total. The monoisotopic (exact) mass is 509 g/mol. The molecule has 2 N–H and O–H groups in total. The van der Waals surface area contributed by atoms with Gasteiger partial charge in [0, 0.05) is 0 Å². The first-order valence-corrected chi connectivity index (χ1v) is 10.1. The molecule has 182 valence electrons. The first kappa shape index (κ1) is 25.6. The van der Waals surface area contributed by atoms with Crippen molar-refractivity contribution in [2.75, 3.05) is 19.1 Å². The number of nitriles is 1. The minimum atomic E-state index is -5.08. The minimum absolute atomic E-state index is 0.163. The van der Waals surface area contributed by atoms with E-state index in [2.05, 4.69) is 0 Å². The van der Waals surface area contributed by atoms with Crippen molar-refractivity contribution in [3.05, 3.63) is 87.1 Å². The maximum atomic E-state index is 14.3. The first-order valence-electron chi connectivity index (χ1n) is 9.69. The fourth-order valence-corrected chi connectivity index (χ4v) is 4.01. The highest BCUT2D eigenvalue weighted by atomic mass is 35.5. The number of esters is 2. The molecule has 2 aromatic carbocycles. The number of rotatable bonds is 4. The lowest BCUT2D eigenvalue weighted by Crippen LogP contribution is -2.41. The Balaban J connectivity index is 2.50. The van der Waals surface area contributed by atoms with Crippen molar-refractivity contribution < 1.29 is 36.6 Å². The molecule has 0 bridgehead atoms. The first-order chi connectivity index (χ1) is 16.5. The summed E-state index contributed by atoms with van der Waals surface area (Å²) in [4.78, 5) is 26.5. The summed E-state index contributed by atoms with van der Waals surface area (Å²) < 4.78 is 64.5. The third-order valence-electron chi connectivity index (χ3n) is 5.17. The number of hydrogen-bond acceptors (Lipinski definition) is 7. The third kappa shape index (κ3) is 4.52. The molecule has 0 saturated carbocycles. The predicted octanol–water partition coefficient (Wildman–Crippen LogP) is 4.40. The molecule has 0 aromatic heterocycles. The zero-order chi connectivity index (χ0) is 26.1. The topological polar surface area (TPSA) is 106 Å². The molecular formula is C23H16ClF4N3O4. The van der Waals surface area contributed by atoms with Gasteiger partial charge in [-0.3, -0.25) is 4.90 Å². The summed E-state index contributed by atoms with van der Waals surface area (Å²) in [5.74, 6) is -5.51. The van der Waals surface area contributed by atoms with Crippen molar-refractivity contribution >= 4 is 29.2 Å². The van der Waals surface area contributed by atoms with Gasteiger partial charge in [0.1, 0.15) is 17.3 Å². The summed E-state index contributed by atoms with van der Waals surface area (Å²) in [6, 6.07) is 10.5. The van der Waals surface area contributed by atoms with Crippen LogP contribution in [-0.4, -0.2) is 26.2 Å². The lowest BCUT2D eigenvalue weighted by Gasteiger charge is -2.36. The Morgan fingerprint density at radius 1 is 1.11 bits per heavy atom. The van der Waals surface area contributed by atoms with Gasteiger partial charge in [-0.05, 0) is 17.7 Å². The standard InChI is InChI=1S/C23H16ClF4N3O4/c1-34-21(32)17-16(11-6-4-3-5-7-11)13(10-29)20(30)31(19(17)22(33)35-2)15-9-12(25)8-14(18(15)24)23(26,27)28/h3-9,16H,30H2,1-2H3. The molecular weight excluding hydrogens is 494 g/mol. The number of anilines is 1. The third-order valence-corrected chi connectivity index (χ3v) is 5.57. The van der Waals surface area contributed by atoms with Crippen molar-refractivity contribution in [1.82, 2.24) is 0 Å². The number of nitrogens with zero attached hydrogens (tertiary/aromatic N) is 2. The second-order valence-corrected chi connectivity index (χ2v) is 7.50. The second-order valence-electron chi connectivity index (χ2n) is 7.12. The van der Waals surface area contributed by atoms with E-state index in [1.807, 2.05) is 6.07 Å². The summed E-state index contributed by atoms with van der Waals surface area (Å²) in [6.45, 7) is 0. The molecule has 0 amide bonds. The predicted molar refractivity (Wildman–Crippen MR) is 116 cm³/mol. The maximum Gasteiger partial charge on any atom is 0.418 e. The number of ether oxygens (including phenoxy) is 2. The van der Waals surface area contributed by atoms with Gasteiger partial charge in [-0.2, -0.15) is 18.4 Å². The molecule has 0 saturated heterocycles. The molecule has 0 aliphatic carbocycles. The zero-order valence-electron chi connectivity index (χ0n) is 18.1. The number of benzene rings is 2. The van der Waals surface area contributed by atoms with Gasteiger partial charge in [-0.15, -0.1) is 0 Å². The Labute approximate surface area is 201 Å². The van der Waals surface area contributed by atoms with E-state index in [1.54, 1.807) is 30.3 Å². The Hall–Kier alpha value is -4.04. The number of carbonyl (C=O) groups excluding carboxylic acids is 2. The largest absolute Gasteiger partial charge is 0.466 e. The Morgan fingerprint density at radius 3 is 2.23 bits per heavy atom. The average molecular weight is 510 g/mol. The van der Waals surface area contributed by atoms with Crippen LogP contribution < -0.4 is 10.6 Å². The van der Waals surface area contributed by atoms with E-state index in [0.717, 1.165) is 14.2 Å². The van der Waals surface area contributed by atoms with E-state index in [1.165, 1.54) is 0 Å². The van der Waals surface area contributed by atoms with Gasteiger partial charge in [0.25, 0.3) is 0 Å². The number of halogens is 5. The fourth-order valence-electron chi connectivity index (χ4n) is 3.71. The van der Waals surface area contributed by atoms with E-state index in [-0.39, 0.29) is 11.6 Å². The molecule has 1 aliphatic heterocycles. The fraction of sp³-hybridized carbons (Fsp3) is 0.174. The van der Waals surface area contributed by atoms with E-state index < -0.39 is 63.2 Å². The van der Waals surface area contributed by atoms with Crippen LogP contribution in [0.15, 0.2) is 65.1 Å². The molecule has 2 aromatic rings. The van der Waals surface area contributed by atoms with Crippen LogP contribution in [0.25, 0.3) is 0 Å². The Morgan fingerprint density at radius 2 is 1.71 bits per heavy atom. The van der Waals surface area contributed by atoms with Gasteiger partial charge in [0.15, 0.2) is 0 Å². The minimum Gasteiger partial charge on any atom is -0.466 e. The van der Waals surface area contributed by atoms with Crippen LogP contribution in [0.5, 0.6) is 0 Å². The number of methoxy groups -OCH3 is 2. The highest BCUT2D eigenvalue weighted by Crippen LogP contribution is 2.47. The Bertz CT molecular complexity index is 1300. The van der Waals surface area contributed by atoms with Crippen LogP contribution in [0, 0.1) is 17.1 Å². The molecule has 0 radical (unpaired) electrons. The van der Waals surface area contributed by atoms with Crippen LogP contribution in [0.3, 0.4) is 0 Å². The smallest absolute Gasteiger partial charge is 0.418 e. The molecule has 0 fully saturated rings. The molecule has 1 unspecified atom stereocenters. The summed E-state index contributed by atoms with van der Waals surface area (Å²) in [5.41, 5.74) is 2.75. The summed E-state index contributed by atoms with van der Waals surface area (Å²) >= 11 is 6.00. The molecule has 0 spiro atoms. The van der Waals surface area contributed by atoms with Gasteiger partial charge in [0.05, 0.1) is 53.6 Å². The summed E-state index contributed by atoms with van der Waals surface area (Å²) in [6.07, 6.45) is -5.08. The van der Waals surface area contributed by atoms with Gasteiger partial charge in [0.2, 0.25) is 0 Å². The van der Waals surface area contributed by atoms with Crippen molar-refractivity contribution in [1.29, 1.82) is 5.26 Å². The van der Waals surface area contributed by atoms with E-state index in [4.69, 9.17) is 26.8 Å². The van der Waals surface area contributed by atoms with Gasteiger partial charge in [-0.1, -0.05) is 41.9 Å². The summed E-state index contributed by atoms with van der Waals surface area (Å²) in [5, 5.41) is 8.90. The number of alkyl halides is 3. The van der Waals surface area contributed by atoms with E-state index in [9.17, 15) is 32.4 Å². The molecule has 12 heteroatoms. The Kier molecular flexibility index (Phi) is 7.07. The van der Waals surface area contributed by atoms with Crippen LogP contribution in [0.2, 0.25) is 5.02 Å². The van der Waals surface area contributed by atoms with Crippen molar-refractivity contribution in [3.63, 3.8) is 0 Å². The molecule has 35 heavy (non-hydrogen) atoms. The molecule has 1 aliphatic rings. The summed E-state index contributed by atoms with van der Waals surface area (Å²) in [7, 11) is 1.95. The molecule has 3 rings (SSSR count). The van der Waals surface area contributed by atoms with Gasteiger partial charge < -0.3 is 15.2 Å². The normalized spacial score (nSPS) is 16.2. The number of nitrogens with two attached hydrogens (primary N) is 1. The lowest BCUT2D eigenvalue weighted by molar-refractivity contribution is -0.139. The number of hydrogen-bond donors (Lipinski definition) is 1. The second kappa shape index (κ2) is 9.68.